The average molecular weight is 483 g/mol. The van der Waals surface area contributed by atoms with Crippen molar-refractivity contribution < 1.29 is 27.5 Å². The number of hydrogen-bond donors (Lipinski definition) is 1. The molecule has 3 amide bonds. The van der Waals surface area contributed by atoms with Gasteiger partial charge >= 0.3 is 12.2 Å². The van der Waals surface area contributed by atoms with Gasteiger partial charge in [-0.15, -0.1) is 0 Å². The van der Waals surface area contributed by atoms with Crippen LogP contribution in [0.1, 0.15) is 17.5 Å². The average Bonchev–Trinajstić information content (AvgIpc) is 2.84. The van der Waals surface area contributed by atoms with E-state index in [0.29, 0.717) is 42.2 Å². The summed E-state index contributed by atoms with van der Waals surface area (Å²) < 4.78 is 44.6. The lowest BCUT2D eigenvalue weighted by Crippen LogP contribution is -2.49. The van der Waals surface area contributed by atoms with E-state index >= 15 is 0 Å². The van der Waals surface area contributed by atoms with Gasteiger partial charge in [0.05, 0.1) is 5.56 Å². The Labute approximate surface area is 200 Å². The zero-order valence-electron chi connectivity index (χ0n) is 18.8. The topological polar surface area (TPSA) is 61.9 Å². The Morgan fingerprint density at radius 3 is 2.49 bits per heavy atom. The number of para-hydroxylation sites is 1. The van der Waals surface area contributed by atoms with Crippen LogP contribution >= 0.6 is 0 Å². The van der Waals surface area contributed by atoms with Gasteiger partial charge in [0.25, 0.3) is 5.91 Å². The number of carbonyl (C=O) groups is 2. The molecule has 1 fully saturated rings. The van der Waals surface area contributed by atoms with Crippen molar-refractivity contribution >= 4 is 23.3 Å². The summed E-state index contributed by atoms with van der Waals surface area (Å²) in [5.74, 6) is 0.235. The molecule has 1 aliphatic rings. The molecule has 0 aromatic heterocycles. The normalized spacial score (nSPS) is 14.1. The molecule has 1 N–H and O–H groups in total. The molecule has 6 nitrogen and oxygen atoms in total. The summed E-state index contributed by atoms with van der Waals surface area (Å²) in [6.07, 6.45) is -3.78. The number of carbonyl (C=O) groups excluding carboxylic acids is 2. The quantitative estimate of drug-likeness (QED) is 0.479. The van der Waals surface area contributed by atoms with Crippen molar-refractivity contribution in [1.82, 2.24) is 4.90 Å². The molecule has 0 atom stereocenters. The van der Waals surface area contributed by atoms with Crippen molar-refractivity contribution in [2.45, 2.75) is 19.1 Å². The number of rotatable bonds is 7. The second-order valence-corrected chi connectivity index (χ2v) is 8.11. The molecule has 35 heavy (non-hydrogen) atoms. The van der Waals surface area contributed by atoms with Crippen LogP contribution < -0.4 is 15.0 Å². The Balaban J connectivity index is 1.40. The molecule has 0 bridgehead atoms. The third-order valence-electron chi connectivity index (χ3n) is 5.49. The fourth-order valence-corrected chi connectivity index (χ4v) is 3.85. The molecule has 0 radical (unpaired) electrons. The van der Waals surface area contributed by atoms with Crippen LogP contribution in [0.25, 0.3) is 0 Å². The molecule has 0 spiro atoms. The number of benzene rings is 3. The van der Waals surface area contributed by atoms with Crippen molar-refractivity contribution in [2.75, 3.05) is 29.9 Å². The van der Waals surface area contributed by atoms with Crippen molar-refractivity contribution in [2.24, 2.45) is 0 Å². The van der Waals surface area contributed by atoms with Crippen LogP contribution in [-0.4, -0.2) is 36.5 Å². The third-order valence-corrected chi connectivity index (χ3v) is 5.49. The molecule has 1 heterocycles. The van der Waals surface area contributed by atoms with E-state index < -0.39 is 11.7 Å². The van der Waals surface area contributed by atoms with Crippen molar-refractivity contribution in [1.29, 1.82) is 0 Å². The molecular formula is C26H24F3N3O3. The van der Waals surface area contributed by atoms with Crippen LogP contribution in [0.5, 0.6) is 5.75 Å². The number of nitrogens with one attached hydrogen (secondary N) is 1. The zero-order valence-corrected chi connectivity index (χ0v) is 18.8. The summed E-state index contributed by atoms with van der Waals surface area (Å²) in [6, 6.07) is 20.5. The van der Waals surface area contributed by atoms with E-state index in [1.807, 2.05) is 18.2 Å². The van der Waals surface area contributed by atoms with Gasteiger partial charge in [-0.25, -0.2) is 4.79 Å². The highest BCUT2D eigenvalue weighted by atomic mass is 19.4. The monoisotopic (exact) mass is 483 g/mol. The maximum Gasteiger partial charge on any atom is 0.416 e. The number of anilines is 2. The first-order chi connectivity index (χ1) is 16.8. The SMILES string of the molecule is O=C(COc1ccccc1)Nc1cccc(N2CCCN(Cc3cccc(C(F)(F)F)c3)C2=O)c1. The van der Waals surface area contributed by atoms with Crippen LogP contribution in [0.4, 0.5) is 29.3 Å². The maximum absolute atomic E-state index is 13.1. The van der Waals surface area contributed by atoms with E-state index in [1.165, 1.54) is 11.0 Å². The number of ether oxygens (including phenoxy) is 1. The summed E-state index contributed by atoms with van der Waals surface area (Å²) in [6.45, 7) is 0.819. The first-order valence-corrected chi connectivity index (χ1v) is 11.1. The van der Waals surface area contributed by atoms with Gasteiger partial charge in [0.2, 0.25) is 0 Å². The summed E-state index contributed by atoms with van der Waals surface area (Å²) in [5.41, 5.74) is 0.767. The standard InChI is InChI=1S/C26H24F3N3O3/c27-26(28,29)20-8-4-7-19(15-20)17-31-13-6-14-32(25(31)34)22-10-5-9-21(16-22)30-24(33)18-35-23-11-2-1-3-12-23/h1-5,7-12,15-16H,6,13-14,17-18H2,(H,30,33). The lowest BCUT2D eigenvalue weighted by Gasteiger charge is -2.36. The first kappa shape index (κ1) is 24.1. The number of nitrogens with zero attached hydrogens (tertiary/aromatic N) is 2. The van der Waals surface area contributed by atoms with Crippen LogP contribution in [0.15, 0.2) is 78.9 Å². The van der Waals surface area contributed by atoms with Gasteiger partial charge in [0.15, 0.2) is 6.61 Å². The highest BCUT2D eigenvalue weighted by molar-refractivity contribution is 5.95. The van der Waals surface area contributed by atoms with Crippen LogP contribution in [-0.2, 0) is 17.5 Å². The molecular weight excluding hydrogens is 459 g/mol. The summed E-state index contributed by atoms with van der Waals surface area (Å²) >= 11 is 0. The first-order valence-electron chi connectivity index (χ1n) is 11.1. The lowest BCUT2D eigenvalue weighted by atomic mass is 10.1. The van der Waals surface area contributed by atoms with Crippen molar-refractivity contribution in [3.05, 3.63) is 90.0 Å². The number of hydrogen-bond acceptors (Lipinski definition) is 3. The van der Waals surface area contributed by atoms with E-state index in [1.54, 1.807) is 47.4 Å². The van der Waals surface area contributed by atoms with Gasteiger partial charge in [0.1, 0.15) is 5.75 Å². The van der Waals surface area contributed by atoms with Gasteiger partial charge in [-0.1, -0.05) is 36.4 Å². The van der Waals surface area contributed by atoms with E-state index in [4.69, 9.17) is 4.74 Å². The zero-order chi connectivity index (χ0) is 24.8. The van der Waals surface area contributed by atoms with Crippen molar-refractivity contribution in [3.8, 4) is 5.75 Å². The molecule has 4 rings (SSSR count). The number of urea groups is 1. The predicted octanol–water partition coefficient (Wildman–Crippen LogP) is 5.56. The van der Waals surface area contributed by atoms with E-state index in [2.05, 4.69) is 5.32 Å². The third kappa shape index (κ3) is 6.32. The smallest absolute Gasteiger partial charge is 0.416 e. The van der Waals surface area contributed by atoms with E-state index in [-0.39, 0.29) is 25.1 Å². The maximum atomic E-state index is 13.1. The molecule has 1 aliphatic heterocycles. The van der Waals surface area contributed by atoms with Crippen LogP contribution in [0, 0.1) is 0 Å². The molecule has 1 saturated heterocycles. The largest absolute Gasteiger partial charge is 0.484 e. The summed E-state index contributed by atoms with van der Waals surface area (Å²) in [7, 11) is 0. The van der Waals surface area contributed by atoms with Gasteiger partial charge in [0, 0.05) is 31.0 Å². The lowest BCUT2D eigenvalue weighted by molar-refractivity contribution is -0.137. The van der Waals surface area contributed by atoms with Gasteiger partial charge in [-0.05, 0) is 54.4 Å². The van der Waals surface area contributed by atoms with Gasteiger partial charge in [-0.3, -0.25) is 9.69 Å². The van der Waals surface area contributed by atoms with Gasteiger partial charge in [-0.2, -0.15) is 13.2 Å². The minimum Gasteiger partial charge on any atom is -0.484 e. The Kier molecular flexibility index (Phi) is 7.24. The van der Waals surface area contributed by atoms with Gasteiger partial charge < -0.3 is 15.0 Å². The predicted molar refractivity (Wildman–Crippen MR) is 126 cm³/mol. The molecule has 3 aromatic carbocycles. The second-order valence-electron chi connectivity index (χ2n) is 8.11. The molecule has 0 aliphatic carbocycles. The molecule has 182 valence electrons. The Morgan fingerprint density at radius 1 is 0.943 bits per heavy atom. The number of alkyl halides is 3. The van der Waals surface area contributed by atoms with E-state index in [0.717, 1.165) is 12.1 Å². The highest BCUT2D eigenvalue weighted by Gasteiger charge is 2.31. The minimum atomic E-state index is -4.44. The highest BCUT2D eigenvalue weighted by Crippen LogP contribution is 2.30. The van der Waals surface area contributed by atoms with Crippen LogP contribution in [0.3, 0.4) is 0 Å². The fourth-order valence-electron chi connectivity index (χ4n) is 3.85. The summed E-state index contributed by atoms with van der Waals surface area (Å²) in [5, 5.41) is 2.76. The summed E-state index contributed by atoms with van der Waals surface area (Å²) in [4.78, 5) is 28.5. The second kappa shape index (κ2) is 10.5. The molecule has 9 heteroatoms. The van der Waals surface area contributed by atoms with Crippen LogP contribution in [0.2, 0.25) is 0 Å². The fraction of sp³-hybridized carbons (Fsp3) is 0.231. The molecule has 3 aromatic rings. The Bertz CT molecular complexity index is 1180. The molecule has 0 unspecified atom stereocenters. The minimum absolute atomic E-state index is 0.0759. The Hall–Kier alpha value is -4.01. The van der Waals surface area contributed by atoms with E-state index in [9.17, 15) is 22.8 Å². The molecule has 0 saturated carbocycles. The number of halogens is 3. The Morgan fingerprint density at radius 2 is 1.71 bits per heavy atom. The van der Waals surface area contributed by atoms with Crippen molar-refractivity contribution in [3.63, 3.8) is 0 Å². The number of amides is 3.